The van der Waals surface area contributed by atoms with Crippen LogP contribution in [0.25, 0.3) is 0 Å². The number of hydrogen-bond acceptors (Lipinski definition) is 3. The summed E-state index contributed by atoms with van der Waals surface area (Å²) in [4.78, 5) is 0. The van der Waals surface area contributed by atoms with Crippen molar-refractivity contribution in [2.24, 2.45) is 11.1 Å². The minimum absolute atomic E-state index is 0.0169. The van der Waals surface area contributed by atoms with Crippen LogP contribution >= 0.6 is 0 Å². The minimum Gasteiger partial charge on any atom is -0.497 e. The van der Waals surface area contributed by atoms with E-state index in [4.69, 9.17) is 15.2 Å². The second kappa shape index (κ2) is 6.21. The largest absolute Gasteiger partial charge is 0.497 e. The normalized spacial score (nSPS) is 15.2. The Morgan fingerprint density at radius 3 is 2.11 bits per heavy atom. The molecule has 1 rings (SSSR count). The lowest BCUT2D eigenvalue weighted by molar-refractivity contribution is -0.0400. The Hall–Kier alpha value is -1.06. The monoisotopic (exact) mass is 251 g/mol. The third kappa shape index (κ3) is 4.31. The first-order valence-corrected chi connectivity index (χ1v) is 6.34. The molecule has 0 heterocycles. The number of methoxy groups -OCH3 is 1. The average molecular weight is 251 g/mol. The Morgan fingerprint density at radius 1 is 1.17 bits per heavy atom. The molecular formula is C15H25NO2. The maximum absolute atomic E-state index is 5.99. The van der Waals surface area contributed by atoms with Gasteiger partial charge in [-0.15, -0.1) is 0 Å². The van der Waals surface area contributed by atoms with Crippen LogP contribution in [0.4, 0.5) is 0 Å². The number of rotatable bonds is 5. The zero-order valence-corrected chi connectivity index (χ0v) is 12.1. The van der Waals surface area contributed by atoms with Crippen LogP contribution in [0.5, 0.6) is 5.75 Å². The molecule has 0 bridgehead atoms. The van der Waals surface area contributed by atoms with Gasteiger partial charge in [-0.25, -0.2) is 0 Å². The van der Waals surface area contributed by atoms with Gasteiger partial charge in [0.05, 0.1) is 19.8 Å². The van der Waals surface area contributed by atoms with Gasteiger partial charge in [0.2, 0.25) is 0 Å². The lowest BCUT2D eigenvalue weighted by Crippen LogP contribution is -2.43. The van der Waals surface area contributed by atoms with Gasteiger partial charge in [0.15, 0.2) is 0 Å². The van der Waals surface area contributed by atoms with Crippen molar-refractivity contribution in [3.63, 3.8) is 0 Å². The van der Waals surface area contributed by atoms with E-state index in [0.29, 0.717) is 6.61 Å². The summed E-state index contributed by atoms with van der Waals surface area (Å²) in [6, 6.07) is 7.93. The highest BCUT2D eigenvalue weighted by Gasteiger charge is 2.28. The third-order valence-electron chi connectivity index (χ3n) is 2.92. The lowest BCUT2D eigenvalue weighted by atomic mass is 9.85. The van der Waals surface area contributed by atoms with Crippen molar-refractivity contribution < 1.29 is 9.47 Å². The molecule has 0 radical (unpaired) electrons. The van der Waals surface area contributed by atoms with E-state index in [-0.39, 0.29) is 17.6 Å². The summed E-state index contributed by atoms with van der Waals surface area (Å²) in [5.41, 5.74) is 7.16. The molecule has 1 aromatic rings. The quantitative estimate of drug-likeness (QED) is 0.875. The third-order valence-corrected chi connectivity index (χ3v) is 2.92. The van der Waals surface area contributed by atoms with Gasteiger partial charge in [-0.3, -0.25) is 0 Å². The fourth-order valence-electron chi connectivity index (χ4n) is 2.10. The second-order valence-electron chi connectivity index (χ2n) is 5.80. The number of hydrogen-bond donors (Lipinski definition) is 1. The van der Waals surface area contributed by atoms with Gasteiger partial charge in [-0.2, -0.15) is 0 Å². The zero-order chi connectivity index (χ0) is 13.8. The van der Waals surface area contributed by atoms with Gasteiger partial charge in [0.25, 0.3) is 0 Å². The van der Waals surface area contributed by atoms with E-state index in [0.717, 1.165) is 11.3 Å². The Bertz CT molecular complexity index is 352. The van der Waals surface area contributed by atoms with Gasteiger partial charge in [-0.1, -0.05) is 32.9 Å². The highest BCUT2D eigenvalue weighted by Crippen LogP contribution is 2.25. The van der Waals surface area contributed by atoms with Crippen LogP contribution in [0.1, 0.15) is 33.3 Å². The predicted molar refractivity (Wildman–Crippen MR) is 74.7 cm³/mol. The number of benzene rings is 1. The smallest absolute Gasteiger partial charge is 0.118 e. The van der Waals surface area contributed by atoms with E-state index in [1.165, 1.54) is 0 Å². The van der Waals surface area contributed by atoms with Crippen LogP contribution in [-0.2, 0) is 11.3 Å². The number of ether oxygens (including phenoxy) is 2. The standard InChI is InChI=1S/C15H25NO2/c1-11(16)14(15(2,3)4)18-10-12-6-8-13(17-5)9-7-12/h6-9,11,14H,10,16H2,1-5H3. The molecule has 0 aromatic heterocycles. The van der Waals surface area contributed by atoms with Crippen LogP contribution in [0.3, 0.4) is 0 Å². The molecule has 0 spiro atoms. The van der Waals surface area contributed by atoms with Gasteiger partial charge < -0.3 is 15.2 Å². The summed E-state index contributed by atoms with van der Waals surface area (Å²) in [6.07, 6.45) is 0.0413. The van der Waals surface area contributed by atoms with E-state index >= 15 is 0 Å². The molecule has 3 heteroatoms. The SMILES string of the molecule is COc1ccc(COC(C(C)N)C(C)(C)C)cc1. The molecule has 0 aliphatic rings. The van der Waals surface area contributed by atoms with Crippen molar-refractivity contribution in [3.05, 3.63) is 29.8 Å². The molecule has 0 amide bonds. The first kappa shape index (κ1) is 15.0. The average Bonchev–Trinajstić information content (AvgIpc) is 2.28. The minimum atomic E-state index is 0.0169. The molecule has 3 nitrogen and oxygen atoms in total. The summed E-state index contributed by atoms with van der Waals surface area (Å²) in [7, 11) is 1.66. The van der Waals surface area contributed by atoms with Gasteiger partial charge in [0.1, 0.15) is 5.75 Å². The fourth-order valence-corrected chi connectivity index (χ4v) is 2.10. The van der Waals surface area contributed by atoms with Crippen LogP contribution in [-0.4, -0.2) is 19.3 Å². The van der Waals surface area contributed by atoms with Gasteiger partial charge in [0, 0.05) is 6.04 Å². The van der Waals surface area contributed by atoms with E-state index < -0.39 is 0 Å². The highest BCUT2D eigenvalue weighted by molar-refractivity contribution is 5.26. The first-order chi connectivity index (χ1) is 8.34. The van der Waals surface area contributed by atoms with Crippen molar-refractivity contribution in [2.75, 3.05) is 7.11 Å². The van der Waals surface area contributed by atoms with Crippen molar-refractivity contribution >= 4 is 0 Å². The molecule has 0 saturated heterocycles. The molecule has 0 fully saturated rings. The molecule has 1 aromatic carbocycles. The first-order valence-electron chi connectivity index (χ1n) is 6.34. The van der Waals surface area contributed by atoms with Crippen molar-refractivity contribution in [1.82, 2.24) is 0 Å². The van der Waals surface area contributed by atoms with Crippen LogP contribution in [0.2, 0.25) is 0 Å². The second-order valence-corrected chi connectivity index (χ2v) is 5.80. The summed E-state index contributed by atoms with van der Waals surface area (Å²) in [5.74, 6) is 0.860. The Kier molecular flexibility index (Phi) is 5.17. The Labute approximate surface area is 110 Å². The molecule has 102 valence electrons. The summed E-state index contributed by atoms with van der Waals surface area (Å²) >= 11 is 0. The summed E-state index contributed by atoms with van der Waals surface area (Å²) in [6.45, 7) is 9.01. The maximum Gasteiger partial charge on any atom is 0.118 e. The van der Waals surface area contributed by atoms with Crippen LogP contribution in [0.15, 0.2) is 24.3 Å². The van der Waals surface area contributed by atoms with E-state index in [2.05, 4.69) is 20.8 Å². The predicted octanol–water partition coefficient (Wildman–Crippen LogP) is 2.97. The maximum atomic E-state index is 5.99. The highest BCUT2D eigenvalue weighted by atomic mass is 16.5. The Morgan fingerprint density at radius 2 is 1.72 bits per heavy atom. The molecule has 0 aliphatic carbocycles. The van der Waals surface area contributed by atoms with E-state index in [1.54, 1.807) is 7.11 Å². The number of nitrogens with two attached hydrogens (primary N) is 1. The molecular weight excluding hydrogens is 226 g/mol. The molecule has 18 heavy (non-hydrogen) atoms. The molecule has 0 saturated carbocycles. The molecule has 0 aliphatic heterocycles. The summed E-state index contributed by atoms with van der Waals surface area (Å²) in [5, 5.41) is 0. The summed E-state index contributed by atoms with van der Waals surface area (Å²) < 4.78 is 11.1. The Balaban J connectivity index is 2.61. The molecule has 2 N–H and O–H groups in total. The molecule has 2 atom stereocenters. The zero-order valence-electron chi connectivity index (χ0n) is 12.1. The van der Waals surface area contributed by atoms with Crippen molar-refractivity contribution in [1.29, 1.82) is 0 Å². The lowest BCUT2D eigenvalue weighted by Gasteiger charge is -2.33. The van der Waals surface area contributed by atoms with Gasteiger partial charge >= 0.3 is 0 Å². The van der Waals surface area contributed by atoms with Crippen LogP contribution in [0, 0.1) is 5.41 Å². The fraction of sp³-hybridized carbons (Fsp3) is 0.600. The van der Waals surface area contributed by atoms with Crippen molar-refractivity contribution in [3.8, 4) is 5.75 Å². The topological polar surface area (TPSA) is 44.5 Å². The van der Waals surface area contributed by atoms with Crippen molar-refractivity contribution in [2.45, 2.75) is 46.4 Å². The van der Waals surface area contributed by atoms with E-state index in [9.17, 15) is 0 Å². The van der Waals surface area contributed by atoms with Gasteiger partial charge in [-0.05, 0) is 30.0 Å². The van der Waals surface area contributed by atoms with E-state index in [1.807, 2.05) is 31.2 Å². The molecule has 2 unspecified atom stereocenters. The van der Waals surface area contributed by atoms with Crippen LogP contribution < -0.4 is 10.5 Å².